The number of hydrogen-bond acceptors (Lipinski definition) is 4. The fourth-order valence-electron chi connectivity index (χ4n) is 2.24. The van der Waals surface area contributed by atoms with Gasteiger partial charge in [-0.15, -0.1) is 0 Å². The van der Waals surface area contributed by atoms with Gasteiger partial charge in [-0.3, -0.25) is 0 Å². The molecule has 0 amide bonds. The zero-order chi connectivity index (χ0) is 18.2. The van der Waals surface area contributed by atoms with Gasteiger partial charge in [0.1, 0.15) is 0 Å². The predicted octanol–water partition coefficient (Wildman–Crippen LogP) is 1.89. The van der Waals surface area contributed by atoms with Crippen LogP contribution in [0.15, 0.2) is 29.2 Å². The fourth-order valence-corrected chi connectivity index (χ4v) is 3.98. The monoisotopic (exact) mass is 373 g/mol. The summed E-state index contributed by atoms with van der Waals surface area (Å²) in [6.07, 6.45) is 0. The lowest BCUT2D eigenvalue weighted by atomic mass is 10.1. The van der Waals surface area contributed by atoms with Crippen LogP contribution in [0.5, 0.6) is 0 Å². The van der Waals surface area contributed by atoms with Gasteiger partial charge in [-0.05, 0) is 36.8 Å². The Bertz CT molecular complexity index is 614. The summed E-state index contributed by atoms with van der Waals surface area (Å²) in [4.78, 5) is 0.308. The summed E-state index contributed by atoms with van der Waals surface area (Å²) < 4.78 is 31.3. The van der Waals surface area contributed by atoms with Gasteiger partial charge in [-0.1, -0.05) is 26.0 Å². The third kappa shape index (κ3) is 5.70. The lowest BCUT2D eigenvalue weighted by Crippen LogP contribution is -2.38. The van der Waals surface area contributed by atoms with E-state index in [4.69, 9.17) is 17.0 Å². The third-order valence-electron chi connectivity index (χ3n) is 3.66. The molecule has 0 heterocycles. The van der Waals surface area contributed by atoms with Crippen LogP contribution in [-0.2, 0) is 14.8 Å². The van der Waals surface area contributed by atoms with E-state index in [1.54, 1.807) is 19.2 Å². The molecule has 0 fully saturated rings. The molecule has 0 aliphatic heterocycles. The Morgan fingerprint density at radius 2 is 1.83 bits per heavy atom. The van der Waals surface area contributed by atoms with Crippen molar-refractivity contribution in [3.05, 3.63) is 29.8 Å². The minimum atomic E-state index is -3.42. The number of sulfonamides is 1. The molecular formula is C16H27N3O3S2. The number of nitrogens with zero attached hydrogens (tertiary/aromatic N) is 1. The summed E-state index contributed by atoms with van der Waals surface area (Å²) >= 11 is 5.21. The molecule has 0 aliphatic carbocycles. The van der Waals surface area contributed by atoms with Gasteiger partial charge in [-0.2, -0.15) is 4.31 Å². The molecule has 0 aliphatic rings. The minimum Gasteiger partial charge on any atom is -0.383 e. The number of thiocarbonyl (C=S) groups is 1. The van der Waals surface area contributed by atoms with Crippen LogP contribution >= 0.6 is 12.2 Å². The predicted molar refractivity (Wildman–Crippen MR) is 101 cm³/mol. The number of nitrogens with one attached hydrogen (secondary N) is 2. The molecule has 0 aromatic heterocycles. The highest BCUT2D eigenvalue weighted by Gasteiger charge is 2.21. The van der Waals surface area contributed by atoms with Crippen molar-refractivity contribution >= 4 is 27.4 Å². The quantitative estimate of drug-likeness (QED) is 0.509. The third-order valence-corrected chi connectivity index (χ3v) is 5.99. The van der Waals surface area contributed by atoms with E-state index in [0.29, 0.717) is 36.2 Å². The van der Waals surface area contributed by atoms with Crippen molar-refractivity contribution in [2.45, 2.75) is 31.7 Å². The van der Waals surface area contributed by atoms with Crippen molar-refractivity contribution in [1.29, 1.82) is 0 Å². The highest BCUT2D eigenvalue weighted by Crippen LogP contribution is 2.19. The van der Waals surface area contributed by atoms with Crippen LogP contribution in [0.4, 0.5) is 0 Å². The Morgan fingerprint density at radius 3 is 2.33 bits per heavy atom. The highest BCUT2D eigenvalue weighted by atomic mass is 32.2. The van der Waals surface area contributed by atoms with Crippen LogP contribution in [0, 0.1) is 0 Å². The lowest BCUT2D eigenvalue weighted by Gasteiger charge is -2.20. The second-order valence-corrected chi connectivity index (χ2v) is 7.62. The van der Waals surface area contributed by atoms with E-state index < -0.39 is 10.0 Å². The minimum absolute atomic E-state index is 0.0299. The first-order valence-corrected chi connectivity index (χ1v) is 9.85. The van der Waals surface area contributed by atoms with Crippen molar-refractivity contribution in [2.75, 3.05) is 33.4 Å². The van der Waals surface area contributed by atoms with E-state index in [2.05, 4.69) is 10.6 Å². The van der Waals surface area contributed by atoms with Crippen LogP contribution in [0.25, 0.3) is 0 Å². The van der Waals surface area contributed by atoms with Gasteiger partial charge in [0.25, 0.3) is 0 Å². The van der Waals surface area contributed by atoms with Crippen LogP contribution < -0.4 is 10.6 Å². The van der Waals surface area contributed by atoms with Crippen molar-refractivity contribution < 1.29 is 13.2 Å². The smallest absolute Gasteiger partial charge is 0.243 e. The fraction of sp³-hybridized carbons (Fsp3) is 0.562. The van der Waals surface area contributed by atoms with Crippen LogP contribution in [0.3, 0.4) is 0 Å². The molecule has 2 N–H and O–H groups in total. The van der Waals surface area contributed by atoms with E-state index in [9.17, 15) is 8.42 Å². The van der Waals surface area contributed by atoms with Crippen molar-refractivity contribution in [2.24, 2.45) is 0 Å². The van der Waals surface area contributed by atoms with Gasteiger partial charge in [0, 0.05) is 26.7 Å². The van der Waals surface area contributed by atoms with Gasteiger partial charge in [-0.25, -0.2) is 8.42 Å². The summed E-state index contributed by atoms with van der Waals surface area (Å²) in [6.45, 7) is 7.76. The molecule has 1 aromatic carbocycles. The maximum Gasteiger partial charge on any atom is 0.243 e. The van der Waals surface area contributed by atoms with E-state index in [1.165, 1.54) is 4.31 Å². The molecule has 0 spiro atoms. The molecule has 0 radical (unpaired) electrons. The first-order valence-electron chi connectivity index (χ1n) is 8.00. The summed E-state index contributed by atoms with van der Waals surface area (Å²) in [7, 11) is -1.79. The van der Waals surface area contributed by atoms with Gasteiger partial charge in [0.15, 0.2) is 5.11 Å². The van der Waals surface area contributed by atoms with Gasteiger partial charge >= 0.3 is 0 Å². The second kappa shape index (κ2) is 9.93. The molecular weight excluding hydrogens is 346 g/mol. The van der Waals surface area contributed by atoms with Crippen LogP contribution in [0.2, 0.25) is 0 Å². The molecule has 0 bridgehead atoms. The first kappa shape index (κ1) is 20.8. The molecule has 6 nitrogen and oxygen atoms in total. The Kier molecular flexibility index (Phi) is 8.61. The van der Waals surface area contributed by atoms with Crippen LogP contribution in [-0.4, -0.2) is 51.2 Å². The molecule has 0 saturated heterocycles. The number of rotatable bonds is 9. The van der Waals surface area contributed by atoms with E-state index in [1.807, 2.05) is 32.9 Å². The summed E-state index contributed by atoms with van der Waals surface area (Å²) in [6, 6.07) is 6.88. The SMILES string of the molecule is CCN(CC)S(=O)(=O)c1ccc([C@@H](C)NC(=S)NCCOC)cc1. The van der Waals surface area contributed by atoms with E-state index in [0.717, 1.165) is 5.56 Å². The van der Waals surface area contributed by atoms with Gasteiger partial charge in [0.05, 0.1) is 17.5 Å². The van der Waals surface area contributed by atoms with E-state index >= 15 is 0 Å². The number of ether oxygens (including phenoxy) is 1. The summed E-state index contributed by atoms with van der Waals surface area (Å²) in [5, 5.41) is 6.75. The van der Waals surface area contributed by atoms with Crippen molar-refractivity contribution in [3.63, 3.8) is 0 Å². The average Bonchev–Trinajstić information content (AvgIpc) is 2.56. The number of methoxy groups -OCH3 is 1. The zero-order valence-corrected chi connectivity index (χ0v) is 16.3. The normalized spacial score (nSPS) is 12.9. The molecule has 136 valence electrons. The molecule has 1 rings (SSSR count). The second-order valence-electron chi connectivity index (χ2n) is 5.27. The topological polar surface area (TPSA) is 70.7 Å². The Balaban J connectivity index is 2.75. The van der Waals surface area contributed by atoms with Crippen molar-refractivity contribution in [1.82, 2.24) is 14.9 Å². The maximum absolute atomic E-state index is 12.5. The molecule has 1 atom stereocenters. The summed E-state index contributed by atoms with van der Waals surface area (Å²) in [5.41, 5.74) is 0.962. The highest BCUT2D eigenvalue weighted by molar-refractivity contribution is 7.89. The largest absolute Gasteiger partial charge is 0.383 e. The van der Waals surface area contributed by atoms with Gasteiger partial charge < -0.3 is 15.4 Å². The Labute approximate surface area is 150 Å². The molecule has 0 unspecified atom stereocenters. The Hall–Kier alpha value is -1.22. The van der Waals surface area contributed by atoms with Crippen LogP contribution in [0.1, 0.15) is 32.4 Å². The molecule has 1 aromatic rings. The number of hydrogen-bond donors (Lipinski definition) is 2. The van der Waals surface area contributed by atoms with Gasteiger partial charge in [0.2, 0.25) is 10.0 Å². The first-order chi connectivity index (χ1) is 11.4. The van der Waals surface area contributed by atoms with Crippen molar-refractivity contribution in [3.8, 4) is 0 Å². The maximum atomic E-state index is 12.5. The average molecular weight is 374 g/mol. The van der Waals surface area contributed by atoms with E-state index in [-0.39, 0.29) is 6.04 Å². The summed E-state index contributed by atoms with van der Waals surface area (Å²) in [5.74, 6) is 0. The molecule has 0 saturated carbocycles. The zero-order valence-electron chi connectivity index (χ0n) is 14.7. The molecule has 24 heavy (non-hydrogen) atoms. The molecule has 8 heteroatoms. The Morgan fingerprint density at radius 1 is 1.25 bits per heavy atom. The lowest BCUT2D eigenvalue weighted by molar-refractivity contribution is 0.204. The number of benzene rings is 1. The standard InChI is InChI=1S/C16H27N3O3S2/c1-5-19(6-2)24(20,21)15-9-7-14(8-10-15)13(3)18-16(23)17-11-12-22-4/h7-10,13H,5-6,11-12H2,1-4H3,(H2,17,18,23)/t13-/m1/s1.